The first-order valence-corrected chi connectivity index (χ1v) is 4.86. The molecule has 1 fully saturated rings. The summed E-state index contributed by atoms with van der Waals surface area (Å²) in [5, 5.41) is 3.42. The van der Waals surface area contributed by atoms with Crippen molar-refractivity contribution in [1.29, 1.82) is 0 Å². The van der Waals surface area contributed by atoms with Crippen LogP contribution in [0.25, 0.3) is 0 Å². The number of hydrogen-bond acceptors (Lipinski definition) is 3. The Morgan fingerprint density at radius 3 is 3.54 bits per heavy atom. The van der Waals surface area contributed by atoms with Crippen LogP contribution in [0.2, 0.25) is 0 Å². The number of aromatic nitrogens is 1. The molecule has 0 amide bonds. The number of pyridine rings is 1. The molecule has 1 unspecified atom stereocenters. The molecular formula is C10H13N3. The summed E-state index contributed by atoms with van der Waals surface area (Å²) >= 11 is 0. The molecule has 0 aromatic carbocycles. The maximum Gasteiger partial charge on any atom is 0.132 e. The number of anilines is 1. The smallest absolute Gasteiger partial charge is 0.132 e. The van der Waals surface area contributed by atoms with Crippen molar-refractivity contribution in [2.45, 2.75) is 12.5 Å². The molecule has 1 N–H and O–H groups in total. The Labute approximate surface area is 77.8 Å². The Morgan fingerprint density at radius 2 is 2.54 bits per heavy atom. The van der Waals surface area contributed by atoms with Gasteiger partial charge in [0.15, 0.2) is 0 Å². The van der Waals surface area contributed by atoms with E-state index in [0.717, 1.165) is 26.1 Å². The van der Waals surface area contributed by atoms with Crippen LogP contribution in [-0.2, 0) is 6.42 Å². The second-order valence-corrected chi connectivity index (χ2v) is 3.74. The second kappa shape index (κ2) is 2.70. The molecule has 1 saturated heterocycles. The highest BCUT2D eigenvalue weighted by Gasteiger charge is 2.31. The Kier molecular flexibility index (Phi) is 1.52. The van der Waals surface area contributed by atoms with E-state index in [0.29, 0.717) is 6.04 Å². The number of hydrogen-bond donors (Lipinski definition) is 1. The van der Waals surface area contributed by atoms with Crippen molar-refractivity contribution >= 4 is 5.82 Å². The van der Waals surface area contributed by atoms with Crippen molar-refractivity contribution in [2.75, 3.05) is 24.5 Å². The van der Waals surface area contributed by atoms with Crippen LogP contribution in [0.3, 0.4) is 0 Å². The van der Waals surface area contributed by atoms with Crippen molar-refractivity contribution in [3.05, 3.63) is 23.9 Å². The van der Waals surface area contributed by atoms with E-state index < -0.39 is 0 Å². The van der Waals surface area contributed by atoms with Gasteiger partial charge in [-0.05, 0) is 18.1 Å². The second-order valence-electron chi connectivity index (χ2n) is 3.74. The van der Waals surface area contributed by atoms with Gasteiger partial charge in [0.2, 0.25) is 0 Å². The molecule has 0 aliphatic carbocycles. The summed E-state index contributed by atoms with van der Waals surface area (Å²) in [4.78, 5) is 6.88. The monoisotopic (exact) mass is 175 g/mol. The van der Waals surface area contributed by atoms with Crippen LogP contribution in [0.15, 0.2) is 18.3 Å². The predicted molar refractivity (Wildman–Crippen MR) is 51.9 cm³/mol. The van der Waals surface area contributed by atoms with E-state index >= 15 is 0 Å². The summed E-state index contributed by atoms with van der Waals surface area (Å²) in [6, 6.07) is 4.88. The fraction of sp³-hybridized carbons (Fsp3) is 0.500. The predicted octanol–water partition coefficient (Wildman–Crippen LogP) is 0.416. The summed E-state index contributed by atoms with van der Waals surface area (Å²) in [6.07, 6.45) is 3.05. The van der Waals surface area contributed by atoms with Gasteiger partial charge < -0.3 is 10.2 Å². The Hall–Kier alpha value is -1.09. The van der Waals surface area contributed by atoms with Gasteiger partial charge in [-0.2, -0.15) is 0 Å². The first-order valence-electron chi connectivity index (χ1n) is 4.86. The van der Waals surface area contributed by atoms with Gasteiger partial charge in [-0.25, -0.2) is 4.98 Å². The third-order valence-corrected chi connectivity index (χ3v) is 2.95. The molecule has 3 rings (SSSR count). The average molecular weight is 175 g/mol. The zero-order chi connectivity index (χ0) is 8.67. The molecule has 2 aliphatic rings. The molecule has 68 valence electrons. The van der Waals surface area contributed by atoms with Crippen LogP contribution >= 0.6 is 0 Å². The van der Waals surface area contributed by atoms with E-state index in [-0.39, 0.29) is 0 Å². The van der Waals surface area contributed by atoms with Crippen LogP contribution in [-0.4, -0.2) is 30.7 Å². The maximum absolute atomic E-state index is 4.44. The zero-order valence-corrected chi connectivity index (χ0v) is 7.53. The standard InChI is InChI=1S/C10H13N3/c1-2-8-6-9-7-11-4-5-13(9)10(8)12-3-1/h1-3,9,11H,4-7H2. The van der Waals surface area contributed by atoms with Crippen molar-refractivity contribution in [3.63, 3.8) is 0 Å². The lowest BCUT2D eigenvalue weighted by Gasteiger charge is -2.31. The molecule has 1 aromatic heterocycles. The minimum atomic E-state index is 0.652. The molecule has 3 heteroatoms. The Bertz CT molecular complexity index is 324. The van der Waals surface area contributed by atoms with Crippen molar-refractivity contribution < 1.29 is 0 Å². The van der Waals surface area contributed by atoms with Crippen LogP contribution < -0.4 is 10.2 Å². The van der Waals surface area contributed by atoms with Gasteiger partial charge in [0.1, 0.15) is 5.82 Å². The molecule has 1 atom stereocenters. The molecule has 0 spiro atoms. The normalized spacial score (nSPS) is 25.5. The van der Waals surface area contributed by atoms with Gasteiger partial charge in [0, 0.05) is 31.9 Å². The molecule has 3 nitrogen and oxygen atoms in total. The van der Waals surface area contributed by atoms with Gasteiger partial charge in [0.05, 0.1) is 0 Å². The molecular weight excluding hydrogens is 162 g/mol. The largest absolute Gasteiger partial charge is 0.351 e. The van der Waals surface area contributed by atoms with E-state index in [1.165, 1.54) is 11.4 Å². The van der Waals surface area contributed by atoms with Gasteiger partial charge in [-0.3, -0.25) is 0 Å². The number of piperazine rings is 1. The first-order chi connectivity index (χ1) is 6.45. The lowest BCUT2D eigenvalue weighted by Crippen LogP contribution is -2.49. The molecule has 3 heterocycles. The van der Waals surface area contributed by atoms with Gasteiger partial charge in [-0.1, -0.05) is 6.07 Å². The average Bonchev–Trinajstić information content (AvgIpc) is 2.56. The zero-order valence-electron chi connectivity index (χ0n) is 7.53. The summed E-state index contributed by atoms with van der Waals surface area (Å²) in [5.74, 6) is 1.22. The van der Waals surface area contributed by atoms with E-state index in [2.05, 4.69) is 21.3 Å². The van der Waals surface area contributed by atoms with Crippen molar-refractivity contribution in [1.82, 2.24) is 10.3 Å². The topological polar surface area (TPSA) is 28.2 Å². The quantitative estimate of drug-likeness (QED) is 0.619. The van der Waals surface area contributed by atoms with E-state index in [9.17, 15) is 0 Å². The number of nitrogens with one attached hydrogen (secondary N) is 1. The molecule has 0 saturated carbocycles. The van der Waals surface area contributed by atoms with Crippen LogP contribution in [0.5, 0.6) is 0 Å². The summed E-state index contributed by atoms with van der Waals surface area (Å²) in [7, 11) is 0. The number of nitrogens with zero attached hydrogens (tertiary/aromatic N) is 2. The minimum absolute atomic E-state index is 0.652. The van der Waals surface area contributed by atoms with Gasteiger partial charge >= 0.3 is 0 Å². The van der Waals surface area contributed by atoms with E-state index in [1.54, 1.807) is 0 Å². The Morgan fingerprint density at radius 1 is 1.54 bits per heavy atom. The highest BCUT2D eigenvalue weighted by atomic mass is 15.3. The van der Waals surface area contributed by atoms with E-state index in [4.69, 9.17) is 0 Å². The van der Waals surface area contributed by atoms with Gasteiger partial charge in [0.25, 0.3) is 0 Å². The summed E-state index contributed by atoms with van der Waals surface area (Å²) < 4.78 is 0. The SMILES string of the molecule is c1cnc2c(c1)CC1CNCCN21. The fourth-order valence-electron chi connectivity index (χ4n) is 2.32. The summed E-state index contributed by atoms with van der Waals surface area (Å²) in [5.41, 5.74) is 1.41. The third-order valence-electron chi connectivity index (χ3n) is 2.95. The van der Waals surface area contributed by atoms with Crippen LogP contribution in [0.1, 0.15) is 5.56 Å². The molecule has 0 bridgehead atoms. The minimum Gasteiger partial charge on any atom is -0.351 e. The van der Waals surface area contributed by atoms with Crippen LogP contribution in [0, 0.1) is 0 Å². The first kappa shape index (κ1) is 7.33. The van der Waals surface area contributed by atoms with Crippen molar-refractivity contribution in [2.24, 2.45) is 0 Å². The molecule has 0 radical (unpaired) electrons. The van der Waals surface area contributed by atoms with Crippen molar-refractivity contribution in [3.8, 4) is 0 Å². The lowest BCUT2D eigenvalue weighted by molar-refractivity contribution is 0.493. The summed E-state index contributed by atoms with van der Waals surface area (Å²) in [6.45, 7) is 3.30. The highest BCUT2D eigenvalue weighted by molar-refractivity contribution is 5.54. The molecule has 1 aromatic rings. The van der Waals surface area contributed by atoms with Crippen LogP contribution in [0.4, 0.5) is 5.82 Å². The fourth-order valence-corrected chi connectivity index (χ4v) is 2.32. The maximum atomic E-state index is 4.44. The van der Waals surface area contributed by atoms with E-state index in [1.807, 2.05) is 12.3 Å². The number of fused-ring (bicyclic) bond motifs is 3. The third kappa shape index (κ3) is 1.04. The lowest BCUT2D eigenvalue weighted by atomic mass is 10.1. The Balaban J connectivity index is 2.01. The molecule has 2 aliphatic heterocycles. The molecule has 13 heavy (non-hydrogen) atoms. The van der Waals surface area contributed by atoms with Gasteiger partial charge in [-0.15, -0.1) is 0 Å². The number of rotatable bonds is 0. The highest BCUT2D eigenvalue weighted by Crippen LogP contribution is 2.29.